The van der Waals surface area contributed by atoms with Gasteiger partial charge in [-0.25, -0.2) is 4.39 Å². The van der Waals surface area contributed by atoms with Crippen LogP contribution in [-0.2, 0) is 6.54 Å². The molecule has 1 unspecified atom stereocenters. The molecule has 1 fully saturated rings. The van der Waals surface area contributed by atoms with Crippen LogP contribution in [0.2, 0.25) is 0 Å². The molecule has 0 aromatic heterocycles. The van der Waals surface area contributed by atoms with Crippen molar-refractivity contribution in [1.29, 1.82) is 0 Å². The van der Waals surface area contributed by atoms with Crippen molar-refractivity contribution in [2.45, 2.75) is 12.6 Å². The minimum absolute atomic E-state index is 0. The van der Waals surface area contributed by atoms with Gasteiger partial charge in [0, 0.05) is 44.8 Å². The molecule has 0 spiro atoms. The number of rotatable bonds is 4. The van der Waals surface area contributed by atoms with E-state index in [1.54, 1.807) is 19.2 Å². The first-order valence-corrected chi connectivity index (χ1v) is 8.18. The van der Waals surface area contributed by atoms with E-state index in [2.05, 4.69) is 15.5 Å². The van der Waals surface area contributed by atoms with E-state index in [-0.39, 0.29) is 30.2 Å². The Labute approximate surface area is 153 Å². The van der Waals surface area contributed by atoms with Gasteiger partial charge in [0.2, 0.25) is 0 Å². The van der Waals surface area contributed by atoms with Crippen LogP contribution in [0, 0.1) is 5.82 Å². The molecular formula is C19H23ClFN3O. The molecule has 134 valence electrons. The van der Waals surface area contributed by atoms with Crippen molar-refractivity contribution in [2.75, 3.05) is 26.7 Å². The molecule has 0 bridgehead atoms. The van der Waals surface area contributed by atoms with Gasteiger partial charge in [0.1, 0.15) is 5.82 Å². The lowest BCUT2D eigenvalue weighted by molar-refractivity contribution is 0.0963. The molecule has 1 atom stereocenters. The molecular weight excluding hydrogens is 341 g/mol. The molecule has 2 aromatic carbocycles. The predicted molar refractivity (Wildman–Crippen MR) is 99.5 cm³/mol. The molecule has 4 nitrogen and oxygen atoms in total. The van der Waals surface area contributed by atoms with E-state index >= 15 is 0 Å². The third-order valence-corrected chi connectivity index (χ3v) is 4.42. The topological polar surface area (TPSA) is 44.4 Å². The fourth-order valence-electron chi connectivity index (χ4n) is 3.12. The molecule has 0 aliphatic carbocycles. The van der Waals surface area contributed by atoms with Gasteiger partial charge in [-0.3, -0.25) is 9.69 Å². The zero-order valence-corrected chi connectivity index (χ0v) is 15.0. The minimum Gasteiger partial charge on any atom is -0.355 e. The average Bonchev–Trinajstić information content (AvgIpc) is 2.62. The number of halogens is 2. The molecule has 1 heterocycles. The van der Waals surface area contributed by atoms with Gasteiger partial charge >= 0.3 is 0 Å². The van der Waals surface area contributed by atoms with E-state index in [1.807, 2.05) is 30.3 Å². The maximum atomic E-state index is 13.6. The van der Waals surface area contributed by atoms with Crippen LogP contribution >= 0.6 is 12.4 Å². The molecule has 1 saturated heterocycles. The average molecular weight is 364 g/mol. The lowest BCUT2D eigenvalue weighted by atomic mass is 10.0. The number of piperazine rings is 1. The van der Waals surface area contributed by atoms with Gasteiger partial charge in [-0.2, -0.15) is 0 Å². The van der Waals surface area contributed by atoms with Gasteiger partial charge in [-0.1, -0.05) is 24.3 Å². The van der Waals surface area contributed by atoms with Gasteiger partial charge in [-0.05, 0) is 35.4 Å². The van der Waals surface area contributed by atoms with Crippen molar-refractivity contribution in [1.82, 2.24) is 15.5 Å². The van der Waals surface area contributed by atoms with Crippen LogP contribution in [0.3, 0.4) is 0 Å². The summed E-state index contributed by atoms with van der Waals surface area (Å²) in [5, 5.41) is 6.01. The van der Waals surface area contributed by atoms with Crippen molar-refractivity contribution in [2.24, 2.45) is 0 Å². The van der Waals surface area contributed by atoms with Gasteiger partial charge in [-0.15, -0.1) is 12.4 Å². The van der Waals surface area contributed by atoms with Crippen LogP contribution in [0.5, 0.6) is 0 Å². The Morgan fingerprint density at radius 2 is 2.04 bits per heavy atom. The van der Waals surface area contributed by atoms with Crippen molar-refractivity contribution in [3.8, 4) is 0 Å². The lowest BCUT2D eigenvalue weighted by Gasteiger charge is -2.36. The number of carbonyl (C=O) groups is 1. The number of carbonyl (C=O) groups excluding carboxylic acids is 1. The standard InChI is InChI=1S/C19H22FN3O.ClH/c1-21-19(24)15-7-5-14(6-8-15)13-23-10-9-22-12-18(23)16-3-2-4-17(20)11-16;/h2-8,11,18,22H,9-10,12-13H2,1H3,(H,21,24);1H. The Kier molecular flexibility index (Phi) is 6.93. The van der Waals surface area contributed by atoms with E-state index in [4.69, 9.17) is 0 Å². The second-order valence-electron chi connectivity index (χ2n) is 6.02. The summed E-state index contributed by atoms with van der Waals surface area (Å²) in [4.78, 5) is 14.0. The molecule has 2 N–H and O–H groups in total. The van der Waals surface area contributed by atoms with Crippen LogP contribution < -0.4 is 10.6 Å². The van der Waals surface area contributed by atoms with Crippen LogP contribution in [0.4, 0.5) is 4.39 Å². The van der Waals surface area contributed by atoms with Crippen LogP contribution in [-0.4, -0.2) is 37.5 Å². The van der Waals surface area contributed by atoms with Crippen molar-refractivity contribution >= 4 is 18.3 Å². The van der Waals surface area contributed by atoms with E-state index < -0.39 is 0 Å². The Morgan fingerprint density at radius 1 is 1.28 bits per heavy atom. The van der Waals surface area contributed by atoms with Crippen molar-refractivity contribution < 1.29 is 9.18 Å². The molecule has 6 heteroatoms. The molecule has 1 aliphatic heterocycles. The third-order valence-electron chi connectivity index (χ3n) is 4.42. The first-order chi connectivity index (χ1) is 11.7. The third kappa shape index (κ3) is 4.78. The summed E-state index contributed by atoms with van der Waals surface area (Å²) in [6.07, 6.45) is 0. The normalized spacial score (nSPS) is 17.6. The van der Waals surface area contributed by atoms with E-state index in [1.165, 1.54) is 6.07 Å². The molecule has 25 heavy (non-hydrogen) atoms. The lowest BCUT2D eigenvalue weighted by Crippen LogP contribution is -2.45. The summed E-state index contributed by atoms with van der Waals surface area (Å²) in [7, 11) is 1.63. The summed E-state index contributed by atoms with van der Waals surface area (Å²) >= 11 is 0. The Balaban J connectivity index is 0.00000225. The van der Waals surface area contributed by atoms with E-state index in [0.29, 0.717) is 5.56 Å². The van der Waals surface area contributed by atoms with Crippen LogP contribution in [0.25, 0.3) is 0 Å². The molecule has 1 aliphatic rings. The highest BCUT2D eigenvalue weighted by molar-refractivity contribution is 5.93. The SMILES string of the molecule is CNC(=O)c1ccc(CN2CCNCC2c2cccc(F)c2)cc1.Cl. The number of hydrogen-bond donors (Lipinski definition) is 2. The Hall–Kier alpha value is -1.95. The summed E-state index contributed by atoms with van der Waals surface area (Å²) < 4.78 is 13.6. The molecule has 1 amide bonds. The van der Waals surface area contributed by atoms with Gasteiger partial charge < -0.3 is 10.6 Å². The highest BCUT2D eigenvalue weighted by Crippen LogP contribution is 2.24. The van der Waals surface area contributed by atoms with Gasteiger partial charge in [0.05, 0.1) is 0 Å². The predicted octanol–water partition coefficient (Wildman–Crippen LogP) is 2.75. The summed E-state index contributed by atoms with van der Waals surface area (Å²) in [6.45, 7) is 3.40. The van der Waals surface area contributed by atoms with Gasteiger partial charge in [0.15, 0.2) is 0 Å². The summed E-state index contributed by atoms with van der Waals surface area (Å²) in [5.41, 5.74) is 2.79. The number of hydrogen-bond acceptors (Lipinski definition) is 3. The second kappa shape index (κ2) is 8.94. The minimum atomic E-state index is -0.201. The Morgan fingerprint density at radius 3 is 2.72 bits per heavy atom. The van der Waals surface area contributed by atoms with E-state index in [0.717, 1.165) is 37.3 Å². The second-order valence-corrected chi connectivity index (χ2v) is 6.02. The monoisotopic (exact) mass is 363 g/mol. The zero-order valence-electron chi connectivity index (χ0n) is 14.2. The first-order valence-electron chi connectivity index (χ1n) is 8.18. The van der Waals surface area contributed by atoms with Crippen LogP contribution in [0.1, 0.15) is 27.5 Å². The molecule has 0 radical (unpaired) electrons. The van der Waals surface area contributed by atoms with Crippen LogP contribution in [0.15, 0.2) is 48.5 Å². The number of benzene rings is 2. The quantitative estimate of drug-likeness (QED) is 0.878. The summed E-state index contributed by atoms with van der Waals surface area (Å²) in [6, 6.07) is 14.6. The maximum Gasteiger partial charge on any atom is 0.251 e. The smallest absolute Gasteiger partial charge is 0.251 e. The highest BCUT2D eigenvalue weighted by atomic mass is 35.5. The molecule has 2 aromatic rings. The summed E-state index contributed by atoms with van der Waals surface area (Å²) in [5.74, 6) is -0.283. The van der Waals surface area contributed by atoms with Crippen molar-refractivity contribution in [3.05, 3.63) is 71.0 Å². The highest BCUT2D eigenvalue weighted by Gasteiger charge is 2.24. The fourth-order valence-corrected chi connectivity index (χ4v) is 3.12. The Bertz CT molecular complexity index is 708. The van der Waals surface area contributed by atoms with E-state index in [9.17, 15) is 9.18 Å². The fraction of sp³-hybridized carbons (Fsp3) is 0.316. The number of nitrogens with one attached hydrogen (secondary N) is 2. The number of nitrogens with zero attached hydrogens (tertiary/aromatic N) is 1. The largest absolute Gasteiger partial charge is 0.355 e. The van der Waals surface area contributed by atoms with Crippen molar-refractivity contribution in [3.63, 3.8) is 0 Å². The first kappa shape index (κ1) is 19.4. The molecule has 0 saturated carbocycles. The zero-order chi connectivity index (χ0) is 16.9. The molecule has 3 rings (SSSR count). The maximum absolute atomic E-state index is 13.6. The number of amides is 1. The van der Waals surface area contributed by atoms with Gasteiger partial charge in [0.25, 0.3) is 5.91 Å².